The molecule has 3 heterocycles. The molecule has 192 valence electrons. The predicted octanol–water partition coefficient (Wildman–Crippen LogP) is 3.57. The monoisotopic (exact) mass is 506 g/mol. The molecule has 0 unspecified atom stereocenters. The number of fused-ring (bicyclic) bond motifs is 1. The van der Waals surface area contributed by atoms with E-state index >= 15 is 0 Å². The molecular formula is C26H27FN6O4. The molecule has 0 N–H and O–H groups in total. The summed E-state index contributed by atoms with van der Waals surface area (Å²) in [6.45, 7) is 5.40. The second kappa shape index (κ2) is 10.1. The number of halogens is 1. The van der Waals surface area contributed by atoms with Gasteiger partial charge in [0.05, 0.1) is 22.7 Å². The van der Waals surface area contributed by atoms with Crippen LogP contribution in [0.3, 0.4) is 0 Å². The van der Waals surface area contributed by atoms with Crippen LogP contribution in [0.25, 0.3) is 0 Å². The number of piperazine rings is 1. The van der Waals surface area contributed by atoms with Gasteiger partial charge in [0.25, 0.3) is 11.6 Å². The van der Waals surface area contributed by atoms with Crippen molar-refractivity contribution >= 4 is 17.5 Å². The van der Waals surface area contributed by atoms with E-state index in [0.29, 0.717) is 30.0 Å². The van der Waals surface area contributed by atoms with Gasteiger partial charge in [0.15, 0.2) is 11.6 Å². The number of nitro groups is 1. The Morgan fingerprint density at radius 2 is 1.84 bits per heavy atom. The average molecular weight is 507 g/mol. The highest BCUT2D eigenvalue weighted by atomic mass is 19.1. The number of nitro benzene ring substituents is 1. The number of carbonyl (C=O) groups is 1. The molecule has 0 spiro atoms. The number of hydrogen-bond acceptors (Lipinski definition) is 8. The number of ether oxygens (including phenoxy) is 1. The molecule has 2 aliphatic heterocycles. The minimum Gasteiger partial charge on any atom is -0.435 e. The molecule has 11 heteroatoms. The van der Waals surface area contributed by atoms with Crippen LogP contribution in [0.4, 0.5) is 16.0 Å². The molecule has 0 saturated carbocycles. The molecule has 1 saturated heterocycles. The summed E-state index contributed by atoms with van der Waals surface area (Å²) in [6.07, 6.45) is 0.450. The maximum Gasteiger partial charge on any atom is 0.273 e. The molecule has 1 aromatic heterocycles. The van der Waals surface area contributed by atoms with E-state index in [1.165, 1.54) is 18.2 Å². The number of aromatic nitrogens is 2. The van der Waals surface area contributed by atoms with Crippen molar-refractivity contribution in [3.8, 4) is 11.6 Å². The van der Waals surface area contributed by atoms with E-state index in [1.807, 2.05) is 0 Å². The van der Waals surface area contributed by atoms with Gasteiger partial charge in [0, 0.05) is 56.3 Å². The van der Waals surface area contributed by atoms with Crippen molar-refractivity contribution in [3.05, 3.63) is 80.8 Å². The Balaban J connectivity index is 1.48. The van der Waals surface area contributed by atoms with Crippen molar-refractivity contribution in [2.75, 3.05) is 44.7 Å². The number of carbonyl (C=O) groups excluding carboxylic acids is 1. The van der Waals surface area contributed by atoms with Gasteiger partial charge in [-0.3, -0.25) is 14.9 Å². The number of para-hydroxylation sites is 1. The zero-order valence-electron chi connectivity index (χ0n) is 20.7. The van der Waals surface area contributed by atoms with E-state index in [9.17, 15) is 19.3 Å². The first-order chi connectivity index (χ1) is 17.8. The number of rotatable bonds is 5. The first-order valence-corrected chi connectivity index (χ1v) is 12.1. The summed E-state index contributed by atoms with van der Waals surface area (Å²) in [7, 11) is 2.06. The zero-order valence-corrected chi connectivity index (χ0v) is 20.7. The molecule has 0 aliphatic carbocycles. The third-order valence-corrected chi connectivity index (χ3v) is 6.78. The Hall–Kier alpha value is -4.12. The maximum atomic E-state index is 14.5. The topological polar surface area (TPSA) is 105 Å². The Labute approximate surface area is 213 Å². The lowest BCUT2D eigenvalue weighted by atomic mass is 10.0. The van der Waals surface area contributed by atoms with E-state index in [2.05, 4.69) is 21.8 Å². The van der Waals surface area contributed by atoms with Crippen molar-refractivity contribution in [1.29, 1.82) is 0 Å². The van der Waals surface area contributed by atoms with Crippen molar-refractivity contribution < 1.29 is 18.8 Å². The van der Waals surface area contributed by atoms with Gasteiger partial charge in [-0.2, -0.15) is 4.98 Å². The third-order valence-electron chi connectivity index (χ3n) is 6.78. The lowest BCUT2D eigenvalue weighted by Gasteiger charge is -2.34. The molecule has 5 rings (SSSR count). The lowest BCUT2D eigenvalue weighted by Crippen LogP contribution is -2.45. The van der Waals surface area contributed by atoms with Gasteiger partial charge in [-0.1, -0.05) is 18.2 Å². The van der Waals surface area contributed by atoms with Crippen LogP contribution in [0.1, 0.15) is 27.2 Å². The van der Waals surface area contributed by atoms with Gasteiger partial charge in [-0.05, 0) is 32.2 Å². The highest BCUT2D eigenvalue weighted by molar-refractivity contribution is 5.95. The van der Waals surface area contributed by atoms with Crippen molar-refractivity contribution in [3.63, 3.8) is 0 Å². The standard InChI is InChI=1S/C26H27FN6O4/c1-17-7-8-18(15-22(17)33(35)36)25(34)32-10-9-21-19(16-32)24(37-23-6-4-3-5-20(23)27)29-26(28-21)31-13-11-30(2)12-14-31/h3-8,15H,9-14,16H2,1-2H3. The van der Waals surface area contributed by atoms with Crippen LogP contribution in [0.2, 0.25) is 0 Å². The molecule has 3 aromatic rings. The number of hydrogen-bond donors (Lipinski definition) is 0. The van der Waals surface area contributed by atoms with Crippen LogP contribution in [0.5, 0.6) is 11.6 Å². The molecule has 2 aliphatic rings. The van der Waals surface area contributed by atoms with Gasteiger partial charge in [0.1, 0.15) is 0 Å². The maximum absolute atomic E-state index is 14.5. The van der Waals surface area contributed by atoms with E-state index < -0.39 is 10.7 Å². The van der Waals surface area contributed by atoms with Crippen molar-refractivity contribution in [2.45, 2.75) is 19.9 Å². The molecule has 2 aromatic carbocycles. The summed E-state index contributed by atoms with van der Waals surface area (Å²) >= 11 is 0. The SMILES string of the molecule is Cc1ccc(C(=O)N2CCc3nc(N4CCN(C)CC4)nc(Oc4ccccc4F)c3C2)cc1[N+](=O)[O-]. The first-order valence-electron chi connectivity index (χ1n) is 12.1. The first kappa shape index (κ1) is 24.6. The molecule has 37 heavy (non-hydrogen) atoms. The van der Waals surface area contributed by atoms with Gasteiger partial charge in [-0.25, -0.2) is 9.37 Å². The Morgan fingerprint density at radius 1 is 1.08 bits per heavy atom. The molecule has 1 fully saturated rings. The quantitative estimate of drug-likeness (QED) is 0.382. The van der Waals surface area contributed by atoms with Crippen molar-refractivity contribution in [2.24, 2.45) is 0 Å². The molecule has 10 nitrogen and oxygen atoms in total. The molecule has 0 atom stereocenters. The Kier molecular flexibility index (Phi) is 6.70. The van der Waals surface area contributed by atoms with Crippen molar-refractivity contribution in [1.82, 2.24) is 19.8 Å². The van der Waals surface area contributed by atoms with Crippen LogP contribution in [-0.2, 0) is 13.0 Å². The van der Waals surface area contributed by atoms with Gasteiger partial charge in [-0.15, -0.1) is 0 Å². The van der Waals surface area contributed by atoms with Gasteiger partial charge < -0.3 is 19.4 Å². The molecule has 0 bridgehead atoms. The number of anilines is 1. The fourth-order valence-electron chi connectivity index (χ4n) is 4.53. The number of likely N-dealkylation sites (N-methyl/N-ethyl adjacent to an activating group) is 1. The highest BCUT2D eigenvalue weighted by Crippen LogP contribution is 2.33. The fraction of sp³-hybridized carbons (Fsp3) is 0.346. The van der Waals surface area contributed by atoms with E-state index in [0.717, 1.165) is 31.9 Å². The highest BCUT2D eigenvalue weighted by Gasteiger charge is 2.30. The second-order valence-electron chi connectivity index (χ2n) is 9.31. The third kappa shape index (κ3) is 5.08. The zero-order chi connectivity index (χ0) is 26.1. The predicted molar refractivity (Wildman–Crippen MR) is 134 cm³/mol. The normalized spacial score (nSPS) is 15.9. The second-order valence-corrected chi connectivity index (χ2v) is 9.31. The van der Waals surface area contributed by atoms with Crippen LogP contribution < -0.4 is 9.64 Å². The molecular weight excluding hydrogens is 479 g/mol. The van der Waals surface area contributed by atoms with Gasteiger partial charge in [0.2, 0.25) is 11.8 Å². The smallest absolute Gasteiger partial charge is 0.273 e. The van der Waals surface area contributed by atoms with Crippen LogP contribution >= 0.6 is 0 Å². The van der Waals surface area contributed by atoms with E-state index in [1.54, 1.807) is 36.1 Å². The average Bonchev–Trinajstić information content (AvgIpc) is 2.90. The number of benzene rings is 2. The molecule has 0 radical (unpaired) electrons. The summed E-state index contributed by atoms with van der Waals surface area (Å²) < 4.78 is 20.4. The van der Waals surface area contributed by atoms with Crippen LogP contribution in [0.15, 0.2) is 42.5 Å². The summed E-state index contributed by atoms with van der Waals surface area (Å²) in [5.41, 5.74) is 1.95. The minimum absolute atomic E-state index is 0.0327. The van der Waals surface area contributed by atoms with Gasteiger partial charge >= 0.3 is 0 Å². The Bertz CT molecular complexity index is 1360. The fourth-order valence-corrected chi connectivity index (χ4v) is 4.53. The lowest BCUT2D eigenvalue weighted by molar-refractivity contribution is -0.385. The molecule has 1 amide bonds. The minimum atomic E-state index is -0.522. The summed E-state index contributed by atoms with van der Waals surface area (Å²) in [5, 5.41) is 11.4. The number of amides is 1. The van der Waals surface area contributed by atoms with E-state index in [4.69, 9.17) is 9.72 Å². The number of aryl methyl sites for hydroxylation is 1. The summed E-state index contributed by atoms with van der Waals surface area (Å²) in [6, 6.07) is 10.5. The summed E-state index contributed by atoms with van der Waals surface area (Å²) in [4.78, 5) is 39.6. The number of nitrogens with zero attached hydrogens (tertiary/aromatic N) is 6. The van der Waals surface area contributed by atoms with Crippen LogP contribution in [0, 0.1) is 22.9 Å². The van der Waals surface area contributed by atoms with E-state index in [-0.39, 0.29) is 35.3 Å². The Morgan fingerprint density at radius 3 is 2.57 bits per heavy atom. The largest absolute Gasteiger partial charge is 0.435 e. The summed E-state index contributed by atoms with van der Waals surface area (Å²) in [5.74, 6) is -0.102. The van der Waals surface area contributed by atoms with Crippen LogP contribution in [-0.4, -0.2) is 70.4 Å².